The lowest BCUT2D eigenvalue weighted by Crippen LogP contribution is -2.48. The molecule has 3 heterocycles. The lowest BCUT2D eigenvalue weighted by molar-refractivity contribution is -0.0586. The molecule has 1 fully saturated rings. The zero-order chi connectivity index (χ0) is 17.3. The number of ether oxygens (including phenoxy) is 1. The minimum Gasteiger partial charge on any atom is -0.372 e. The molecule has 1 aliphatic rings. The van der Waals surface area contributed by atoms with E-state index in [1.165, 1.54) is 6.07 Å². The Labute approximate surface area is 139 Å². The van der Waals surface area contributed by atoms with Crippen molar-refractivity contribution < 1.29 is 9.53 Å². The third-order valence-corrected chi connectivity index (χ3v) is 4.02. The van der Waals surface area contributed by atoms with Crippen molar-refractivity contribution in [3.8, 4) is 5.82 Å². The largest absolute Gasteiger partial charge is 0.372 e. The summed E-state index contributed by atoms with van der Waals surface area (Å²) in [4.78, 5) is 25.9. The van der Waals surface area contributed by atoms with E-state index in [4.69, 9.17) is 4.74 Å². The Morgan fingerprint density at radius 1 is 1.33 bits per heavy atom. The average Bonchev–Trinajstić information content (AvgIpc) is 2.97. The Morgan fingerprint density at radius 2 is 2.04 bits per heavy atom. The van der Waals surface area contributed by atoms with Crippen LogP contribution < -0.4 is 5.56 Å². The number of rotatable bonds is 3. The van der Waals surface area contributed by atoms with Gasteiger partial charge in [-0.3, -0.25) is 9.59 Å². The van der Waals surface area contributed by atoms with Crippen LogP contribution in [-0.4, -0.2) is 56.1 Å². The molecule has 128 valence electrons. The van der Waals surface area contributed by atoms with Gasteiger partial charge in [-0.2, -0.15) is 10.2 Å². The number of morpholine rings is 1. The quantitative estimate of drug-likeness (QED) is 0.896. The SMILES string of the molecule is CCc1c(C(=O)N2CC(C)OC(C)C2)cnn1-c1ccc(=O)[nH]n1. The molecule has 8 nitrogen and oxygen atoms in total. The van der Waals surface area contributed by atoms with E-state index < -0.39 is 0 Å². The highest BCUT2D eigenvalue weighted by atomic mass is 16.5. The number of nitrogens with zero attached hydrogens (tertiary/aromatic N) is 4. The summed E-state index contributed by atoms with van der Waals surface area (Å²) in [5, 5.41) is 10.7. The van der Waals surface area contributed by atoms with Crippen LogP contribution in [0.2, 0.25) is 0 Å². The third-order valence-electron chi connectivity index (χ3n) is 4.02. The number of aromatic nitrogens is 4. The van der Waals surface area contributed by atoms with Crippen LogP contribution in [0, 0.1) is 0 Å². The van der Waals surface area contributed by atoms with Crippen molar-refractivity contribution in [2.45, 2.75) is 39.4 Å². The van der Waals surface area contributed by atoms with Crippen LogP contribution in [0.25, 0.3) is 5.82 Å². The number of carbonyl (C=O) groups is 1. The lowest BCUT2D eigenvalue weighted by atomic mass is 10.1. The van der Waals surface area contributed by atoms with E-state index in [0.29, 0.717) is 30.9 Å². The first kappa shape index (κ1) is 16.4. The molecule has 1 aliphatic heterocycles. The standard InChI is InChI=1S/C16H21N5O3/c1-4-13-12(16(23)20-8-10(2)24-11(3)9-20)7-17-21(13)14-5-6-15(22)19-18-14/h5-7,10-11H,4,8-9H2,1-3H3,(H,19,22). The Morgan fingerprint density at radius 3 is 2.62 bits per heavy atom. The summed E-state index contributed by atoms with van der Waals surface area (Å²) in [5.41, 5.74) is 1.05. The van der Waals surface area contributed by atoms with Crippen LogP contribution in [0.3, 0.4) is 0 Å². The molecule has 8 heteroatoms. The number of aromatic amines is 1. The Kier molecular flexibility index (Phi) is 4.48. The van der Waals surface area contributed by atoms with Crippen LogP contribution >= 0.6 is 0 Å². The summed E-state index contributed by atoms with van der Waals surface area (Å²) in [5.74, 6) is 0.429. The molecule has 1 N–H and O–H groups in total. The van der Waals surface area contributed by atoms with E-state index in [2.05, 4.69) is 15.3 Å². The predicted molar refractivity (Wildman–Crippen MR) is 87.3 cm³/mol. The molecular formula is C16H21N5O3. The molecule has 0 spiro atoms. The van der Waals surface area contributed by atoms with E-state index in [1.54, 1.807) is 21.8 Å². The van der Waals surface area contributed by atoms with Crippen molar-refractivity contribution in [1.29, 1.82) is 0 Å². The van der Waals surface area contributed by atoms with Crippen molar-refractivity contribution in [1.82, 2.24) is 24.9 Å². The molecule has 2 aromatic rings. The van der Waals surface area contributed by atoms with Gasteiger partial charge >= 0.3 is 0 Å². The van der Waals surface area contributed by atoms with Crippen LogP contribution in [0.15, 0.2) is 23.1 Å². The van der Waals surface area contributed by atoms with Gasteiger partial charge in [-0.15, -0.1) is 0 Å². The minimum absolute atomic E-state index is 0.0127. The number of nitrogens with one attached hydrogen (secondary N) is 1. The second-order valence-corrected chi connectivity index (χ2v) is 6.02. The van der Waals surface area contributed by atoms with Gasteiger partial charge in [0.1, 0.15) is 0 Å². The summed E-state index contributed by atoms with van der Waals surface area (Å²) < 4.78 is 7.28. The Bertz CT molecular complexity index is 767. The third kappa shape index (κ3) is 3.09. The predicted octanol–water partition coefficient (Wildman–Crippen LogP) is 0.767. The normalized spacial score (nSPS) is 21.0. The first-order chi connectivity index (χ1) is 11.5. The van der Waals surface area contributed by atoms with Crippen molar-refractivity contribution in [2.24, 2.45) is 0 Å². The number of amides is 1. The fraction of sp³-hybridized carbons (Fsp3) is 0.500. The number of carbonyl (C=O) groups excluding carboxylic acids is 1. The monoisotopic (exact) mass is 331 g/mol. The van der Waals surface area contributed by atoms with E-state index >= 15 is 0 Å². The average molecular weight is 331 g/mol. The van der Waals surface area contributed by atoms with Crippen molar-refractivity contribution >= 4 is 5.91 Å². The highest BCUT2D eigenvalue weighted by Crippen LogP contribution is 2.19. The maximum Gasteiger partial charge on any atom is 0.264 e. The molecule has 1 amide bonds. The fourth-order valence-electron chi connectivity index (χ4n) is 3.06. The Balaban J connectivity index is 1.92. The van der Waals surface area contributed by atoms with Crippen molar-refractivity contribution in [2.75, 3.05) is 13.1 Å². The molecule has 3 rings (SSSR count). The van der Waals surface area contributed by atoms with Gasteiger partial charge in [0.05, 0.1) is 29.7 Å². The summed E-state index contributed by atoms with van der Waals surface area (Å²) in [6.45, 7) is 7.01. The van der Waals surface area contributed by atoms with Gasteiger partial charge in [-0.05, 0) is 26.3 Å². The minimum atomic E-state index is -0.281. The van der Waals surface area contributed by atoms with Gasteiger partial charge in [0.2, 0.25) is 0 Å². The fourth-order valence-corrected chi connectivity index (χ4v) is 3.06. The molecule has 0 bridgehead atoms. The zero-order valence-electron chi connectivity index (χ0n) is 14.0. The molecule has 2 atom stereocenters. The smallest absolute Gasteiger partial charge is 0.264 e. The van der Waals surface area contributed by atoms with E-state index in [9.17, 15) is 9.59 Å². The molecule has 0 saturated carbocycles. The maximum absolute atomic E-state index is 12.9. The van der Waals surface area contributed by atoms with E-state index in [-0.39, 0.29) is 23.7 Å². The van der Waals surface area contributed by atoms with Gasteiger partial charge in [-0.25, -0.2) is 9.78 Å². The lowest BCUT2D eigenvalue weighted by Gasteiger charge is -2.35. The van der Waals surface area contributed by atoms with Gasteiger partial charge in [0.15, 0.2) is 5.82 Å². The molecule has 1 saturated heterocycles. The number of hydrogen-bond donors (Lipinski definition) is 1. The first-order valence-corrected chi connectivity index (χ1v) is 8.07. The number of hydrogen-bond acceptors (Lipinski definition) is 5. The molecule has 0 aromatic carbocycles. The second-order valence-electron chi connectivity index (χ2n) is 6.02. The van der Waals surface area contributed by atoms with Crippen molar-refractivity contribution in [3.63, 3.8) is 0 Å². The van der Waals surface area contributed by atoms with Crippen LogP contribution in [-0.2, 0) is 11.2 Å². The van der Waals surface area contributed by atoms with Crippen molar-refractivity contribution in [3.05, 3.63) is 39.9 Å². The highest BCUT2D eigenvalue weighted by molar-refractivity contribution is 5.95. The summed E-state index contributed by atoms with van der Waals surface area (Å²) >= 11 is 0. The van der Waals surface area contributed by atoms with Gasteiger partial charge in [0.25, 0.3) is 11.5 Å². The summed E-state index contributed by atoms with van der Waals surface area (Å²) in [6.07, 6.45) is 2.22. The van der Waals surface area contributed by atoms with Crippen LogP contribution in [0.4, 0.5) is 0 Å². The van der Waals surface area contributed by atoms with Gasteiger partial charge in [-0.1, -0.05) is 6.92 Å². The van der Waals surface area contributed by atoms with E-state index in [1.807, 2.05) is 20.8 Å². The van der Waals surface area contributed by atoms with Gasteiger partial charge < -0.3 is 9.64 Å². The summed E-state index contributed by atoms with van der Waals surface area (Å²) in [6, 6.07) is 2.97. The molecule has 2 unspecified atom stereocenters. The summed E-state index contributed by atoms with van der Waals surface area (Å²) in [7, 11) is 0. The van der Waals surface area contributed by atoms with Crippen LogP contribution in [0.5, 0.6) is 0 Å². The highest BCUT2D eigenvalue weighted by Gasteiger charge is 2.29. The Hall–Kier alpha value is -2.48. The van der Waals surface area contributed by atoms with E-state index in [0.717, 1.165) is 5.69 Å². The molecule has 2 aromatic heterocycles. The number of H-pyrrole nitrogens is 1. The zero-order valence-corrected chi connectivity index (χ0v) is 14.0. The first-order valence-electron chi connectivity index (χ1n) is 8.07. The second kappa shape index (κ2) is 6.56. The van der Waals surface area contributed by atoms with Gasteiger partial charge in [0, 0.05) is 19.2 Å². The molecule has 0 radical (unpaired) electrons. The molecule has 24 heavy (non-hydrogen) atoms. The maximum atomic E-state index is 12.9. The molecular weight excluding hydrogens is 310 g/mol. The molecule has 0 aliphatic carbocycles. The topological polar surface area (TPSA) is 93.1 Å². The van der Waals surface area contributed by atoms with Crippen LogP contribution in [0.1, 0.15) is 36.8 Å².